The Bertz CT molecular complexity index is 2000. The molecule has 4 unspecified atom stereocenters. The summed E-state index contributed by atoms with van der Waals surface area (Å²) < 4.78 is 49.3. The molecule has 0 bridgehead atoms. The lowest BCUT2D eigenvalue weighted by Crippen LogP contribution is -2.47. The van der Waals surface area contributed by atoms with Crippen LogP contribution in [0.1, 0.15) is 203 Å². The zero-order chi connectivity index (χ0) is 64.0. The van der Waals surface area contributed by atoms with Crippen LogP contribution in [0, 0.1) is 65.0 Å². The minimum Gasteiger partial charge on any atom is -0.493 e. The molecule has 0 heterocycles. The molecule has 0 amide bonds. The minimum atomic E-state index is -0.590. The summed E-state index contributed by atoms with van der Waals surface area (Å²) in [6, 6.07) is 15.3. The van der Waals surface area contributed by atoms with Crippen LogP contribution >= 0.6 is 31.9 Å². The standard InChI is InChI=1S/C42H70O7.C28H54Br2O4/c1-37(2,3)27-41(39(7,8)9,31-48-35-17-13-33(25-43)14-18-35)29-46-23-21-45-22-24-47-30-42(40(10,11)12,28-38(4,5)6)32-49-36-19-15-34(26-44)16-20-36;1-23(2,3)17-27(19-29,25(7,8)9)20-33-15-13-32-14-16-34-21-28(22(30)31,26(10,11)12)18-24(4,5)6/h13-20,43-44H,21-32H2,1-12H3;13-21H2,1-12H3. The van der Waals surface area contributed by atoms with Crippen molar-refractivity contribution in [2.24, 2.45) is 65.0 Å². The van der Waals surface area contributed by atoms with E-state index in [1.807, 2.05) is 48.5 Å². The predicted octanol–water partition coefficient (Wildman–Crippen LogP) is 17.4. The Balaban J connectivity index is 0.000000890. The van der Waals surface area contributed by atoms with Crippen LogP contribution in [0.3, 0.4) is 0 Å². The SMILES string of the molecule is CC(C)(C)CC(CBr)(COCCOCCOCC(CC(C)(C)C)(C(=O)Br)C(C)(C)C)C(C)(C)C.CC(C)(C)CC(COCCOCCOCC(COc1ccc(CO)cc1)(CC(C)(C)C)C(C)(C)C)(COc1ccc(CO)cc1)C(C)(C)C. The molecule has 83 heavy (non-hydrogen) atoms. The number of hydrogen-bond acceptors (Lipinski definition) is 11. The Morgan fingerprint density at radius 1 is 0.361 bits per heavy atom. The molecule has 2 rings (SSSR count). The summed E-state index contributed by atoms with van der Waals surface area (Å²) in [6.07, 6.45) is 3.71. The first-order chi connectivity index (χ1) is 37.8. The smallest absolute Gasteiger partial charge is 0.206 e. The summed E-state index contributed by atoms with van der Waals surface area (Å²) in [4.78, 5) is 12.7. The molecule has 2 aromatic rings. The van der Waals surface area contributed by atoms with Crippen LogP contribution < -0.4 is 9.47 Å². The van der Waals surface area contributed by atoms with Gasteiger partial charge < -0.3 is 48.1 Å². The first-order valence-electron chi connectivity index (χ1n) is 30.6. The van der Waals surface area contributed by atoms with Gasteiger partial charge in [-0.05, 0) is 120 Å². The maximum absolute atomic E-state index is 12.7. The van der Waals surface area contributed by atoms with E-state index in [4.69, 9.17) is 37.9 Å². The molecule has 0 aliphatic carbocycles. The molecule has 0 fully saturated rings. The maximum atomic E-state index is 12.7. The van der Waals surface area contributed by atoms with Crippen molar-refractivity contribution in [1.82, 2.24) is 0 Å². The number of aliphatic hydroxyl groups is 2. The van der Waals surface area contributed by atoms with E-state index in [9.17, 15) is 15.0 Å². The molecule has 0 saturated carbocycles. The quantitative estimate of drug-likeness (QED) is 0.0394. The van der Waals surface area contributed by atoms with E-state index in [0.29, 0.717) is 92.5 Å². The maximum Gasteiger partial charge on any atom is 0.206 e. The second-order valence-electron chi connectivity index (χ2n) is 32.9. The van der Waals surface area contributed by atoms with Crippen LogP contribution in [0.4, 0.5) is 0 Å². The number of rotatable bonds is 34. The second-order valence-corrected chi connectivity index (χ2v) is 34.2. The molecule has 0 aliphatic rings. The van der Waals surface area contributed by atoms with E-state index in [2.05, 4.69) is 198 Å². The normalized spacial score (nSPS) is 16.2. The van der Waals surface area contributed by atoms with Crippen molar-refractivity contribution < 1.29 is 52.9 Å². The van der Waals surface area contributed by atoms with Crippen molar-refractivity contribution >= 4 is 36.6 Å². The number of halogens is 2. The fourth-order valence-electron chi connectivity index (χ4n) is 11.0. The largest absolute Gasteiger partial charge is 0.493 e. The zero-order valence-electron chi connectivity index (χ0n) is 57.3. The number of aliphatic hydroxyl groups excluding tert-OH is 2. The van der Waals surface area contributed by atoms with Gasteiger partial charge in [0, 0.05) is 21.6 Å². The van der Waals surface area contributed by atoms with Crippen LogP contribution in [-0.2, 0) is 46.4 Å². The van der Waals surface area contributed by atoms with E-state index in [-0.39, 0.29) is 77.5 Å². The van der Waals surface area contributed by atoms with Gasteiger partial charge in [0.05, 0.1) is 111 Å². The summed E-state index contributed by atoms with van der Waals surface area (Å²) in [5.74, 6) is 1.59. The van der Waals surface area contributed by atoms with Gasteiger partial charge in [0.2, 0.25) is 4.69 Å². The van der Waals surface area contributed by atoms with Gasteiger partial charge in [-0.3, -0.25) is 4.79 Å². The number of carbonyl (C=O) groups is 1. The highest BCUT2D eigenvalue weighted by atomic mass is 79.9. The minimum absolute atomic E-state index is 0.0122. The Morgan fingerprint density at radius 2 is 0.627 bits per heavy atom. The van der Waals surface area contributed by atoms with Crippen LogP contribution in [-0.4, -0.2) is 113 Å². The summed E-state index contributed by atoms with van der Waals surface area (Å²) >= 11 is 7.06. The van der Waals surface area contributed by atoms with Gasteiger partial charge in [-0.1, -0.05) is 206 Å². The summed E-state index contributed by atoms with van der Waals surface area (Å²) in [6.45, 7) is 61.1. The van der Waals surface area contributed by atoms with Crippen LogP contribution in [0.15, 0.2) is 48.5 Å². The van der Waals surface area contributed by atoms with E-state index in [1.54, 1.807) is 0 Å². The molecular formula is C70H124Br2O11. The van der Waals surface area contributed by atoms with E-state index in [1.165, 1.54) is 0 Å². The summed E-state index contributed by atoms with van der Waals surface area (Å²) in [5, 5.41) is 19.7. The number of carbonyl (C=O) groups excluding carboxylic acids is 1. The Hall–Kier alpha value is -1.65. The van der Waals surface area contributed by atoms with Crippen molar-refractivity contribution in [3.8, 4) is 11.5 Å². The molecule has 0 aliphatic heterocycles. The lowest BCUT2D eigenvalue weighted by atomic mass is 9.61. The highest BCUT2D eigenvalue weighted by Crippen LogP contribution is 2.52. The fraction of sp³-hybridized carbons (Fsp3) is 0.814. The molecule has 0 radical (unpaired) electrons. The van der Waals surface area contributed by atoms with Gasteiger partial charge in [0.25, 0.3) is 0 Å². The van der Waals surface area contributed by atoms with E-state index < -0.39 is 5.41 Å². The molecule has 4 atom stereocenters. The first kappa shape index (κ1) is 79.4. The number of alkyl halides is 1. The Labute approximate surface area is 525 Å². The highest BCUT2D eigenvalue weighted by molar-refractivity contribution is 9.18. The number of benzene rings is 2. The van der Waals surface area contributed by atoms with Gasteiger partial charge in [0.15, 0.2) is 0 Å². The third-order valence-electron chi connectivity index (χ3n) is 16.5. The van der Waals surface area contributed by atoms with Gasteiger partial charge >= 0.3 is 0 Å². The van der Waals surface area contributed by atoms with E-state index in [0.717, 1.165) is 53.6 Å². The molecule has 0 saturated heterocycles. The van der Waals surface area contributed by atoms with Crippen molar-refractivity contribution in [3.63, 3.8) is 0 Å². The highest BCUT2D eigenvalue weighted by Gasteiger charge is 2.50. The van der Waals surface area contributed by atoms with Gasteiger partial charge in [-0.2, -0.15) is 0 Å². The molecule has 11 nitrogen and oxygen atoms in total. The van der Waals surface area contributed by atoms with Crippen molar-refractivity contribution in [1.29, 1.82) is 0 Å². The number of hydrogen-bond donors (Lipinski definition) is 2. The first-order valence-corrected chi connectivity index (χ1v) is 32.6. The van der Waals surface area contributed by atoms with E-state index >= 15 is 0 Å². The summed E-state index contributed by atoms with van der Waals surface area (Å²) in [7, 11) is 0. The molecule has 2 aromatic carbocycles. The summed E-state index contributed by atoms with van der Waals surface area (Å²) in [5.41, 5.74) is 0.911. The van der Waals surface area contributed by atoms with Crippen molar-refractivity contribution in [3.05, 3.63) is 59.7 Å². The zero-order valence-corrected chi connectivity index (χ0v) is 60.5. The monoisotopic (exact) mass is 1300 g/mol. The van der Waals surface area contributed by atoms with Crippen molar-refractivity contribution in [2.75, 3.05) is 97.8 Å². The molecular weight excluding hydrogens is 1180 g/mol. The molecule has 2 N–H and O–H groups in total. The Kier molecular flexibility index (Phi) is 32.3. The van der Waals surface area contributed by atoms with Crippen LogP contribution in [0.2, 0.25) is 0 Å². The molecule has 0 spiro atoms. The molecule has 0 aromatic heterocycles. The third kappa shape index (κ3) is 28.6. The average molecular weight is 1300 g/mol. The average Bonchev–Trinajstić information content (AvgIpc) is 3.56. The van der Waals surface area contributed by atoms with Crippen LogP contribution in [0.5, 0.6) is 11.5 Å². The fourth-order valence-corrected chi connectivity index (χ4v) is 13.0. The predicted molar refractivity (Wildman–Crippen MR) is 352 cm³/mol. The van der Waals surface area contributed by atoms with Gasteiger partial charge in [0.1, 0.15) is 11.5 Å². The molecule has 484 valence electrons. The number of ether oxygens (including phenoxy) is 8. The van der Waals surface area contributed by atoms with Gasteiger partial charge in [-0.15, -0.1) is 0 Å². The third-order valence-corrected chi connectivity index (χ3v) is 18.3. The van der Waals surface area contributed by atoms with Crippen LogP contribution in [0.25, 0.3) is 0 Å². The lowest BCUT2D eigenvalue weighted by Gasteiger charge is -2.47. The Morgan fingerprint density at radius 3 is 0.867 bits per heavy atom. The topological polar surface area (TPSA) is 131 Å². The molecule has 13 heteroatoms. The lowest BCUT2D eigenvalue weighted by molar-refractivity contribution is -0.136. The van der Waals surface area contributed by atoms with Gasteiger partial charge in [-0.25, -0.2) is 0 Å². The second kappa shape index (κ2) is 33.8. The van der Waals surface area contributed by atoms with Crippen molar-refractivity contribution in [2.45, 2.75) is 205 Å².